The Bertz CT molecular complexity index is 888. The molecule has 0 fully saturated rings. The van der Waals surface area contributed by atoms with Crippen LogP contribution in [0.5, 0.6) is 5.75 Å². The number of nitrogens with zero attached hydrogens (tertiary/aromatic N) is 1. The Balaban J connectivity index is 1.54. The van der Waals surface area contributed by atoms with Gasteiger partial charge in [-0.25, -0.2) is 4.98 Å². The van der Waals surface area contributed by atoms with E-state index in [4.69, 9.17) is 4.74 Å². The molecule has 1 amide bonds. The van der Waals surface area contributed by atoms with Crippen LogP contribution in [0.15, 0.2) is 41.3 Å². The molecule has 3 aromatic rings. The molecule has 1 N–H and O–H groups in total. The van der Waals surface area contributed by atoms with Crippen LogP contribution in [-0.2, 0) is 4.79 Å². The number of aromatic nitrogens is 1. The Morgan fingerprint density at radius 1 is 1.24 bits per heavy atom. The summed E-state index contributed by atoms with van der Waals surface area (Å²) in [4.78, 5) is 17.8. The standard InChI is InChI=1S/C19H20N2O2S2/c1-12-10-13(2)18-16(11-12)20-19(25-18)21-17(22)8-9-24-15-6-4-14(23-3)5-7-15/h4-7,10-11H,8-9H2,1-3H3,(H,20,21,22). The van der Waals surface area contributed by atoms with Gasteiger partial charge in [0.2, 0.25) is 5.91 Å². The summed E-state index contributed by atoms with van der Waals surface area (Å²) in [5.74, 6) is 1.55. The minimum Gasteiger partial charge on any atom is -0.497 e. The fraction of sp³-hybridized carbons (Fsp3) is 0.263. The van der Waals surface area contributed by atoms with Gasteiger partial charge < -0.3 is 10.1 Å². The summed E-state index contributed by atoms with van der Waals surface area (Å²) < 4.78 is 6.27. The van der Waals surface area contributed by atoms with Gasteiger partial charge in [0, 0.05) is 17.1 Å². The zero-order chi connectivity index (χ0) is 17.8. The molecule has 3 rings (SSSR count). The Labute approximate surface area is 155 Å². The van der Waals surface area contributed by atoms with Crippen LogP contribution in [0, 0.1) is 13.8 Å². The number of rotatable bonds is 6. The zero-order valence-electron chi connectivity index (χ0n) is 14.5. The van der Waals surface area contributed by atoms with Crippen LogP contribution in [0.1, 0.15) is 17.5 Å². The quantitative estimate of drug-likeness (QED) is 0.616. The number of hydrogen-bond donors (Lipinski definition) is 1. The highest BCUT2D eigenvalue weighted by Crippen LogP contribution is 2.30. The van der Waals surface area contributed by atoms with E-state index in [9.17, 15) is 4.79 Å². The molecule has 0 atom stereocenters. The Hall–Kier alpha value is -2.05. The molecule has 0 aliphatic rings. The predicted octanol–water partition coefficient (Wildman–Crippen LogP) is 5.04. The average molecular weight is 373 g/mol. The lowest BCUT2D eigenvalue weighted by molar-refractivity contribution is -0.115. The predicted molar refractivity (Wildman–Crippen MR) is 106 cm³/mol. The minimum absolute atomic E-state index is 0.00515. The first-order valence-electron chi connectivity index (χ1n) is 7.99. The number of hydrogen-bond acceptors (Lipinski definition) is 5. The number of amides is 1. The number of carbonyl (C=O) groups excluding carboxylic acids is 1. The number of aryl methyl sites for hydroxylation is 2. The van der Waals surface area contributed by atoms with Gasteiger partial charge in [-0.3, -0.25) is 4.79 Å². The summed E-state index contributed by atoms with van der Waals surface area (Å²) in [6.45, 7) is 4.13. The minimum atomic E-state index is -0.00515. The molecule has 2 aromatic carbocycles. The number of ether oxygens (including phenoxy) is 1. The maximum absolute atomic E-state index is 12.2. The molecule has 130 valence electrons. The first kappa shape index (κ1) is 17.8. The number of thioether (sulfide) groups is 1. The van der Waals surface area contributed by atoms with Gasteiger partial charge in [0.1, 0.15) is 5.75 Å². The van der Waals surface area contributed by atoms with Crippen LogP contribution in [-0.4, -0.2) is 23.8 Å². The molecule has 1 aromatic heterocycles. The molecule has 1 heterocycles. The summed E-state index contributed by atoms with van der Waals surface area (Å²) in [5, 5.41) is 3.59. The van der Waals surface area contributed by atoms with E-state index in [1.54, 1.807) is 18.9 Å². The van der Waals surface area contributed by atoms with Crippen LogP contribution in [0.2, 0.25) is 0 Å². The van der Waals surface area contributed by atoms with Crippen molar-refractivity contribution < 1.29 is 9.53 Å². The summed E-state index contributed by atoms with van der Waals surface area (Å²) >= 11 is 3.19. The summed E-state index contributed by atoms with van der Waals surface area (Å²) in [7, 11) is 1.65. The van der Waals surface area contributed by atoms with Gasteiger partial charge in [-0.15, -0.1) is 11.8 Å². The molecule has 0 spiro atoms. The zero-order valence-corrected chi connectivity index (χ0v) is 16.1. The van der Waals surface area contributed by atoms with Crippen LogP contribution in [0.3, 0.4) is 0 Å². The average Bonchev–Trinajstić information content (AvgIpc) is 2.98. The Morgan fingerprint density at radius 3 is 2.72 bits per heavy atom. The van der Waals surface area contributed by atoms with Crippen molar-refractivity contribution >= 4 is 44.4 Å². The van der Waals surface area contributed by atoms with Gasteiger partial charge in [-0.2, -0.15) is 0 Å². The van der Waals surface area contributed by atoms with E-state index >= 15 is 0 Å². The van der Waals surface area contributed by atoms with E-state index in [2.05, 4.69) is 30.2 Å². The lowest BCUT2D eigenvalue weighted by Crippen LogP contribution is -2.11. The van der Waals surface area contributed by atoms with E-state index in [1.807, 2.05) is 30.3 Å². The fourth-order valence-electron chi connectivity index (χ4n) is 2.55. The van der Waals surface area contributed by atoms with Crippen molar-refractivity contribution in [1.29, 1.82) is 0 Å². The first-order chi connectivity index (χ1) is 12.0. The second kappa shape index (κ2) is 7.89. The SMILES string of the molecule is COc1ccc(SCCC(=O)Nc2nc3cc(C)cc(C)c3s2)cc1. The molecule has 0 saturated heterocycles. The van der Waals surface area contributed by atoms with Crippen LogP contribution >= 0.6 is 23.1 Å². The monoisotopic (exact) mass is 372 g/mol. The third-order valence-corrected chi connectivity index (χ3v) is 5.86. The van der Waals surface area contributed by atoms with Gasteiger partial charge in [0.25, 0.3) is 0 Å². The molecule has 6 heteroatoms. The van der Waals surface area contributed by atoms with Crippen molar-refractivity contribution in [2.24, 2.45) is 0 Å². The molecule has 0 aliphatic carbocycles. The third kappa shape index (κ3) is 4.52. The van der Waals surface area contributed by atoms with Crippen LogP contribution in [0.4, 0.5) is 5.13 Å². The number of methoxy groups -OCH3 is 1. The second-order valence-electron chi connectivity index (χ2n) is 5.77. The molecule has 0 saturated carbocycles. The topological polar surface area (TPSA) is 51.2 Å². The molecule has 0 radical (unpaired) electrons. The molecule has 0 aliphatic heterocycles. The lowest BCUT2D eigenvalue weighted by Gasteiger charge is -2.04. The van der Waals surface area contributed by atoms with E-state index in [-0.39, 0.29) is 5.91 Å². The molecule has 0 unspecified atom stereocenters. The van der Waals surface area contributed by atoms with Crippen LogP contribution < -0.4 is 10.1 Å². The highest BCUT2D eigenvalue weighted by Gasteiger charge is 2.10. The van der Waals surface area contributed by atoms with E-state index < -0.39 is 0 Å². The largest absolute Gasteiger partial charge is 0.497 e. The smallest absolute Gasteiger partial charge is 0.226 e. The maximum atomic E-state index is 12.2. The summed E-state index contributed by atoms with van der Waals surface area (Å²) in [5.41, 5.74) is 3.33. The molecule has 4 nitrogen and oxygen atoms in total. The number of anilines is 1. The number of fused-ring (bicyclic) bond motifs is 1. The van der Waals surface area contributed by atoms with Gasteiger partial charge in [0.15, 0.2) is 5.13 Å². The Morgan fingerprint density at radius 2 is 2.00 bits per heavy atom. The van der Waals surface area contributed by atoms with E-state index in [0.29, 0.717) is 11.6 Å². The first-order valence-corrected chi connectivity index (χ1v) is 9.80. The van der Waals surface area contributed by atoms with Crippen molar-refractivity contribution in [3.8, 4) is 5.75 Å². The number of thiazole rings is 1. The van der Waals surface area contributed by atoms with Crippen LogP contribution in [0.25, 0.3) is 10.2 Å². The van der Waals surface area contributed by atoms with Gasteiger partial charge >= 0.3 is 0 Å². The van der Waals surface area contributed by atoms with E-state index in [0.717, 1.165) is 26.6 Å². The maximum Gasteiger partial charge on any atom is 0.226 e. The van der Waals surface area contributed by atoms with Gasteiger partial charge in [0.05, 0.1) is 17.3 Å². The molecule has 0 bridgehead atoms. The third-order valence-electron chi connectivity index (χ3n) is 3.72. The molecule has 25 heavy (non-hydrogen) atoms. The fourth-order valence-corrected chi connectivity index (χ4v) is 4.33. The highest BCUT2D eigenvalue weighted by atomic mass is 32.2. The lowest BCUT2D eigenvalue weighted by atomic mass is 10.1. The van der Waals surface area contributed by atoms with Crippen molar-refractivity contribution in [3.05, 3.63) is 47.5 Å². The number of carbonyl (C=O) groups is 1. The highest BCUT2D eigenvalue weighted by molar-refractivity contribution is 7.99. The van der Waals surface area contributed by atoms with Crippen molar-refractivity contribution in [2.75, 3.05) is 18.2 Å². The second-order valence-corrected chi connectivity index (χ2v) is 7.94. The van der Waals surface area contributed by atoms with Crippen molar-refractivity contribution in [3.63, 3.8) is 0 Å². The molecular formula is C19H20N2O2S2. The number of nitrogens with one attached hydrogen (secondary N) is 1. The van der Waals surface area contributed by atoms with Crippen molar-refractivity contribution in [1.82, 2.24) is 4.98 Å². The normalized spacial score (nSPS) is 10.8. The van der Waals surface area contributed by atoms with Gasteiger partial charge in [-0.1, -0.05) is 17.4 Å². The van der Waals surface area contributed by atoms with E-state index in [1.165, 1.54) is 22.5 Å². The Kier molecular flexibility index (Phi) is 5.60. The van der Waals surface area contributed by atoms with Crippen molar-refractivity contribution in [2.45, 2.75) is 25.2 Å². The summed E-state index contributed by atoms with van der Waals surface area (Å²) in [6.07, 6.45) is 0.449. The van der Waals surface area contributed by atoms with Gasteiger partial charge in [-0.05, 0) is 55.3 Å². The molecular weight excluding hydrogens is 352 g/mol. The summed E-state index contributed by atoms with van der Waals surface area (Å²) in [6, 6.07) is 12.0. The number of benzene rings is 2.